The molecule has 0 saturated heterocycles. The molecule has 0 heterocycles. The maximum atomic E-state index is 12.1. The highest BCUT2D eigenvalue weighted by Gasteiger charge is 2.09. The number of carbonyl (C=O) groups is 3. The summed E-state index contributed by atoms with van der Waals surface area (Å²) in [7, 11) is 0. The molecule has 8 heteroatoms. The van der Waals surface area contributed by atoms with Gasteiger partial charge in [-0.05, 0) is 49.4 Å². The third kappa shape index (κ3) is 6.63. The fraction of sp³-hybridized carbons (Fsp3) is 0.211. The first-order valence-electron chi connectivity index (χ1n) is 8.26. The summed E-state index contributed by atoms with van der Waals surface area (Å²) in [5.74, 6) is -0.305. The van der Waals surface area contributed by atoms with E-state index in [0.717, 1.165) is 0 Å². The van der Waals surface area contributed by atoms with E-state index >= 15 is 0 Å². The maximum Gasteiger partial charge on any atom is 0.513 e. The van der Waals surface area contributed by atoms with Gasteiger partial charge in [0.05, 0.1) is 6.61 Å². The summed E-state index contributed by atoms with van der Waals surface area (Å²) >= 11 is 5.84. The molecule has 0 atom stereocenters. The van der Waals surface area contributed by atoms with E-state index in [1.54, 1.807) is 31.2 Å². The van der Waals surface area contributed by atoms with Crippen LogP contribution in [0.1, 0.15) is 27.6 Å². The lowest BCUT2D eigenvalue weighted by Crippen LogP contribution is -2.34. The van der Waals surface area contributed by atoms with Gasteiger partial charge in [-0.1, -0.05) is 17.7 Å². The van der Waals surface area contributed by atoms with Crippen LogP contribution in [0.4, 0.5) is 4.79 Å². The predicted octanol–water partition coefficient (Wildman–Crippen LogP) is 3.04. The summed E-state index contributed by atoms with van der Waals surface area (Å²) < 4.78 is 9.58. The number of ether oxygens (including phenoxy) is 2. The van der Waals surface area contributed by atoms with E-state index in [9.17, 15) is 14.4 Å². The Hall–Kier alpha value is -3.06. The van der Waals surface area contributed by atoms with Crippen molar-refractivity contribution >= 4 is 29.6 Å². The lowest BCUT2D eigenvalue weighted by Gasteiger charge is -2.08. The number of nitrogens with one attached hydrogen (secondary N) is 2. The molecular formula is C19H19ClN2O5. The van der Waals surface area contributed by atoms with Crippen LogP contribution in [-0.4, -0.2) is 37.7 Å². The maximum absolute atomic E-state index is 12.1. The van der Waals surface area contributed by atoms with E-state index in [1.807, 2.05) is 0 Å². The van der Waals surface area contributed by atoms with Crippen molar-refractivity contribution in [3.05, 3.63) is 64.7 Å². The lowest BCUT2D eigenvalue weighted by atomic mass is 10.2. The average Bonchev–Trinajstić information content (AvgIpc) is 2.65. The molecular weight excluding hydrogens is 372 g/mol. The zero-order chi connectivity index (χ0) is 19.6. The molecule has 0 bridgehead atoms. The second-order valence-corrected chi connectivity index (χ2v) is 5.77. The van der Waals surface area contributed by atoms with Crippen LogP contribution < -0.4 is 15.4 Å². The van der Waals surface area contributed by atoms with Crippen molar-refractivity contribution in [2.24, 2.45) is 0 Å². The molecule has 0 aliphatic carbocycles. The van der Waals surface area contributed by atoms with Gasteiger partial charge in [-0.15, -0.1) is 0 Å². The van der Waals surface area contributed by atoms with E-state index in [-0.39, 0.29) is 37.3 Å². The fourth-order valence-corrected chi connectivity index (χ4v) is 2.29. The summed E-state index contributed by atoms with van der Waals surface area (Å²) in [5, 5.41) is 5.86. The van der Waals surface area contributed by atoms with Crippen LogP contribution in [0, 0.1) is 0 Å². The van der Waals surface area contributed by atoms with Crippen LogP contribution in [0.3, 0.4) is 0 Å². The Morgan fingerprint density at radius 1 is 0.926 bits per heavy atom. The van der Waals surface area contributed by atoms with Gasteiger partial charge in [0.15, 0.2) is 0 Å². The summed E-state index contributed by atoms with van der Waals surface area (Å²) in [4.78, 5) is 35.2. The van der Waals surface area contributed by atoms with Crippen molar-refractivity contribution in [2.45, 2.75) is 6.92 Å². The number of benzene rings is 2. The lowest BCUT2D eigenvalue weighted by molar-refractivity contribution is 0.0927. The van der Waals surface area contributed by atoms with Crippen LogP contribution in [0.25, 0.3) is 0 Å². The molecule has 0 fully saturated rings. The second-order valence-electron chi connectivity index (χ2n) is 5.33. The average molecular weight is 391 g/mol. The fourth-order valence-electron chi connectivity index (χ4n) is 2.10. The minimum atomic E-state index is -0.801. The van der Waals surface area contributed by atoms with Gasteiger partial charge >= 0.3 is 6.16 Å². The highest BCUT2D eigenvalue weighted by atomic mass is 35.5. The summed E-state index contributed by atoms with van der Waals surface area (Å²) in [5.41, 5.74) is 0.846. The molecule has 2 rings (SSSR count). The molecule has 27 heavy (non-hydrogen) atoms. The first-order chi connectivity index (χ1) is 13.0. The van der Waals surface area contributed by atoms with E-state index < -0.39 is 6.16 Å². The monoisotopic (exact) mass is 390 g/mol. The standard InChI is InChI=1S/C19H19ClN2O5/c1-2-26-19(25)27-16-8-6-13(7-9-16)17(23)21-10-11-22-18(24)14-4-3-5-15(20)12-14/h3-9,12H,2,10-11H2,1H3,(H,21,23)(H,22,24). The number of hydrogen-bond acceptors (Lipinski definition) is 5. The predicted molar refractivity (Wildman–Crippen MR) is 100 cm³/mol. The number of hydrogen-bond donors (Lipinski definition) is 2. The molecule has 2 aromatic rings. The Balaban J connectivity index is 1.75. The van der Waals surface area contributed by atoms with Crippen molar-refractivity contribution in [2.75, 3.05) is 19.7 Å². The van der Waals surface area contributed by atoms with Gasteiger partial charge in [-0.25, -0.2) is 4.79 Å². The largest absolute Gasteiger partial charge is 0.513 e. The molecule has 0 aromatic heterocycles. The Kier molecular flexibility index (Phi) is 7.63. The quantitative estimate of drug-likeness (QED) is 0.430. The van der Waals surface area contributed by atoms with Gasteiger partial charge in [0.2, 0.25) is 0 Å². The molecule has 0 saturated carbocycles. The Morgan fingerprint density at radius 3 is 2.15 bits per heavy atom. The highest BCUT2D eigenvalue weighted by Crippen LogP contribution is 2.13. The molecule has 2 N–H and O–H groups in total. The van der Waals surface area contributed by atoms with Gasteiger partial charge in [-0.2, -0.15) is 0 Å². The smallest absolute Gasteiger partial charge is 0.434 e. The normalized spacial score (nSPS) is 10.0. The van der Waals surface area contributed by atoms with Gasteiger partial charge in [-0.3, -0.25) is 9.59 Å². The molecule has 0 unspecified atom stereocenters. The zero-order valence-electron chi connectivity index (χ0n) is 14.7. The Morgan fingerprint density at radius 2 is 1.56 bits per heavy atom. The SMILES string of the molecule is CCOC(=O)Oc1ccc(C(=O)NCCNC(=O)c2cccc(Cl)c2)cc1. The topological polar surface area (TPSA) is 93.7 Å². The first kappa shape index (κ1) is 20.3. The zero-order valence-corrected chi connectivity index (χ0v) is 15.4. The van der Waals surface area contributed by atoms with E-state index in [2.05, 4.69) is 15.4 Å². The van der Waals surface area contributed by atoms with Crippen LogP contribution in [0.2, 0.25) is 5.02 Å². The molecule has 0 spiro atoms. The van der Waals surface area contributed by atoms with Gasteiger partial charge in [0, 0.05) is 29.2 Å². The van der Waals surface area contributed by atoms with Crippen LogP contribution in [0.5, 0.6) is 5.75 Å². The van der Waals surface area contributed by atoms with Crippen molar-refractivity contribution in [3.8, 4) is 5.75 Å². The van der Waals surface area contributed by atoms with Gasteiger partial charge in [0.25, 0.3) is 11.8 Å². The number of carbonyl (C=O) groups excluding carboxylic acids is 3. The number of rotatable bonds is 7. The molecule has 2 amide bonds. The van der Waals surface area contributed by atoms with Crippen molar-refractivity contribution in [1.82, 2.24) is 10.6 Å². The summed E-state index contributed by atoms with van der Waals surface area (Å²) in [6, 6.07) is 12.6. The third-order valence-electron chi connectivity index (χ3n) is 3.36. The molecule has 2 aromatic carbocycles. The number of amides is 2. The van der Waals surface area contributed by atoms with E-state index in [0.29, 0.717) is 16.1 Å². The Labute approximate surface area is 161 Å². The minimum absolute atomic E-state index is 0.215. The molecule has 0 radical (unpaired) electrons. The van der Waals surface area contributed by atoms with Crippen LogP contribution in [-0.2, 0) is 4.74 Å². The van der Waals surface area contributed by atoms with Crippen molar-refractivity contribution in [3.63, 3.8) is 0 Å². The van der Waals surface area contributed by atoms with Gasteiger partial charge in [0.1, 0.15) is 5.75 Å². The van der Waals surface area contributed by atoms with Crippen LogP contribution in [0.15, 0.2) is 48.5 Å². The molecule has 0 aliphatic rings. The van der Waals surface area contributed by atoms with Crippen molar-refractivity contribution < 1.29 is 23.9 Å². The highest BCUT2D eigenvalue weighted by molar-refractivity contribution is 6.30. The van der Waals surface area contributed by atoms with E-state index in [4.69, 9.17) is 16.3 Å². The minimum Gasteiger partial charge on any atom is -0.434 e. The third-order valence-corrected chi connectivity index (χ3v) is 3.60. The second kappa shape index (κ2) is 10.2. The van der Waals surface area contributed by atoms with E-state index in [1.165, 1.54) is 24.3 Å². The molecule has 0 aliphatic heterocycles. The van der Waals surface area contributed by atoms with Gasteiger partial charge < -0.3 is 20.1 Å². The van der Waals surface area contributed by atoms with Crippen molar-refractivity contribution in [1.29, 1.82) is 0 Å². The first-order valence-corrected chi connectivity index (χ1v) is 8.64. The van der Waals surface area contributed by atoms with Crippen LogP contribution >= 0.6 is 11.6 Å². The molecule has 7 nitrogen and oxygen atoms in total. The number of halogens is 1. The molecule has 142 valence electrons. The summed E-state index contributed by atoms with van der Waals surface area (Å²) in [6.45, 7) is 2.41. The summed E-state index contributed by atoms with van der Waals surface area (Å²) in [6.07, 6.45) is -0.801. The Bertz CT molecular complexity index is 808.